The molecule has 0 aromatic heterocycles. The van der Waals surface area contributed by atoms with Crippen molar-refractivity contribution in [3.05, 3.63) is 0 Å². The van der Waals surface area contributed by atoms with E-state index >= 15 is 0 Å². The number of hydrogen-bond donors (Lipinski definition) is 1. The highest BCUT2D eigenvalue weighted by Gasteiger charge is 2.25. The molecule has 2 unspecified atom stereocenters. The molecule has 0 aliphatic rings. The van der Waals surface area contributed by atoms with Gasteiger partial charge in [0, 0.05) is 25.7 Å². The molecule has 0 amide bonds. The summed E-state index contributed by atoms with van der Waals surface area (Å²) in [7, 11) is 4.08. The predicted molar refractivity (Wildman–Crippen MR) is 71.2 cm³/mol. The van der Waals surface area contributed by atoms with Crippen LogP contribution in [-0.2, 0) is 4.79 Å². The summed E-state index contributed by atoms with van der Waals surface area (Å²) in [6.45, 7) is 11.0. The molecule has 1 N–H and O–H groups in total. The molecule has 102 valence electrons. The summed E-state index contributed by atoms with van der Waals surface area (Å²) < 4.78 is 0. The second kappa shape index (κ2) is 7.67. The summed E-state index contributed by atoms with van der Waals surface area (Å²) >= 11 is 0. The lowest BCUT2D eigenvalue weighted by atomic mass is 10.0. The molecule has 2 atom stereocenters. The number of carbonyl (C=O) groups is 1. The summed E-state index contributed by atoms with van der Waals surface area (Å²) in [5.41, 5.74) is 0. The molecule has 0 aromatic carbocycles. The van der Waals surface area contributed by atoms with E-state index in [1.807, 2.05) is 21.0 Å². The number of likely N-dealkylation sites (N-methyl/N-ethyl adjacent to an activating group) is 1. The minimum atomic E-state index is -0.712. The Balaban J connectivity index is 4.49. The molecular formula is C13H28N2O2. The lowest BCUT2D eigenvalue weighted by molar-refractivity contribution is -0.143. The van der Waals surface area contributed by atoms with Gasteiger partial charge in [0.25, 0.3) is 0 Å². The van der Waals surface area contributed by atoms with Crippen LogP contribution >= 0.6 is 0 Å². The van der Waals surface area contributed by atoms with Gasteiger partial charge < -0.3 is 10.0 Å². The maximum atomic E-state index is 11.0. The molecule has 0 aliphatic carbocycles. The predicted octanol–water partition coefficient (Wildman–Crippen LogP) is 1.62. The van der Waals surface area contributed by atoms with Crippen molar-refractivity contribution in [3.8, 4) is 0 Å². The van der Waals surface area contributed by atoms with E-state index in [2.05, 4.69) is 23.6 Å². The Morgan fingerprint density at radius 1 is 1.12 bits per heavy atom. The van der Waals surface area contributed by atoms with Gasteiger partial charge in [-0.25, -0.2) is 0 Å². The van der Waals surface area contributed by atoms with Crippen LogP contribution in [0.3, 0.4) is 0 Å². The number of hydrogen-bond acceptors (Lipinski definition) is 3. The average Bonchev–Trinajstić information content (AvgIpc) is 2.21. The molecule has 4 heteroatoms. The first kappa shape index (κ1) is 16.4. The van der Waals surface area contributed by atoms with E-state index in [-0.39, 0.29) is 12.0 Å². The van der Waals surface area contributed by atoms with Crippen LogP contribution in [0.25, 0.3) is 0 Å². The summed E-state index contributed by atoms with van der Waals surface area (Å²) in [6.07, 6.45) is 0. The van der Waals surface area contributed by atoms with E-state index in [1.54, 1.807) is 6.92 Å². The van der Waals surface area contributed by atoms with Gasteiger partial charge in [-0.15, -0.1) is 0 Å². The Bertz CT molecular complexity index is 229. The van der Waals surface area contributed by atoms with Crippen LogP contribution in [0.15, 0.2) is 0 Å². The van der Waals surface area contributed by atoms with E-state index in [0.717, 1.165) is 19.6 Å². The highest BCUT2D eigenvalue weighted by molar-refractivity contribution is 5.70. The van der Waals surface area contributed by atoms with Crippen LogP contribution in [-0.4, -0.2) is 60.6 Å². The molecule has 0 aliphatic heterocycles. The number of rotatable bonds is 8. The van der Waals surface area contributed by atoms with E-state index in [9.17, 15) is 4.79 Å². The average molecular weight is 244 g/mol. The normalized spacial score (nSPS) is 15.6. The van der Waals surface area contributed by atoms with Crippen molar-refractivity contribution in [3.63, 3.8) is 0 Å². The Kier molecular flexibility index (Phi) is 7.39. The molecule has 0 aromatic rings. The van der Waals surface area contributed by atoms with Crippen molar-refractivity contribution in [2.45, 2.75) is 33.7 Å². The third kappa shape index (κ3) is 6.64. The van der Waals surface area contributed by atoms with Gasteiger partial charge in [0.15, 0.2) is 0 Å². The SMILES string of the molecule is CC(C)CN(CCN(C)C)C(C)C(C)C(=O)O. The van der Waals surface area contributed by atoms with Gasteiger partial charge >= 0.3 is 5.97 Å². The van der Waals surface area contributed by atoms with Gasteiger partial charge in [-0.05, 0) is 26.9 Å². The maximum absolute atomic E-state index is 11.0. The Morgan fingerprint density at radius 3 is 2.00 bits per heavy atom. The fourth-order valence-corrected chi connectivity index (χ4v) is 1.78. The second-order valence-corrected chi connectivity index (χ2v) is 5.56. The molecular weight excluding hydrogens is 216 g/mol. The third-order valence-corrected chi connectivity index (χ3v) is 3.12. The van der Waals surface area contributed by atoms with Crippen molar-refractivity contribution in [1.29, 1.82) is 0 Å². The number of carboxylic acid groups (broad SMARTS) is 1. The Hall–Kier alpha value is -0.610. The largest absolute Gasteiger partial charge is 0.481 e. The number of aliphatic carboxylic acids is 1. The molecule has 0 saturated heterocycles. The fourth-order valence-electron chi connectivity index (χ4n) is 1.78. The first-order valence-corrected chi connectivity index (χ1v) is 6.37. The molecule has 0 spiro atoms. The van der Waals surface area contributed by atoms with Crippen molar-refractivity contribution in [2.24, 2.45) is 11.8 Å². The molecule has 0 fully saturated rings. The van der Waals surface area contributed by atoms with Gasteiger partial charge in [0.2, 0.25) is 0 Å². The van der Waals surface area contributed by atoms with Gasteiger partial charge in [-0.2, -0.15) is 0 Å². The van der Waals surface area contributed by atoms with Crippen LogP contribution in [0.2, 0.25) is 0 Å². The van der Waals surface area contributed by atoms with Gasteiger partial charge in [0.05, 0.1) is 5.92 Å². The molecule has 0 radical (unpaired) electrons. The highest BCUT2D eigenvalue weighted by Crippen LogP contribution is 2.13. The highest BCUT2D eigenvalue weighted by atomic mass is 16.4. The summed E-state index contributed by atoms with van der Waals surface area (Å²) in [6, 6.07) is 0.0786. The maximum Gasteiger partial charge on any atom is 0.307 e. The third-order valence-electron chi connectivity index (χ3n) is 3.12. The van der Waals surface area contributed by atoms with Crippen LogP contribution in [0.5, 0.6) is 0 Å². The van der Waals surface area contributed by atoms with Crippen LogP contribution in [0, 0.1) is 11.8 Å². The van der Waals surface area contributed by atoms with Gasteiger partial charge in [-0.3, -0.25) is 9.69 Å². The van der Waals surface area contributed by atoms with Gasteiger partial charge in [-0.1, -0.05) is 20.8 Å². The molecule has 4 nitrogen and oxygen atoms in total. The number of carboxylic acids is 1. The molecule has 0 bridgehead atoms. The molecule has 0 rings (SSSR count). The minimum absolute atomic E-state index is 0.0786. The van der Waals surface area contributed by atoms with Crippen molar-refractivity contribution < 1.29 is 9.90 Å². The summed E-state index contributed by atoms with van der Waals surface area (Å²) in [5.74, 6) is -0.479. The number of nitrogens with zero attached hydrogens (tertiary/aromatic N) is 2. The smallest absolute Gasteiger partial charge is 0.307 e. The Labute approximate surface area is 106 Å². The van der Waals surface area contributed by atoms with E-state index in [4.69, 9.17) is 5.11 Å². The molecule has 17 heavy (non-hydrogen) atoms. The van der Waals surface area contributed by atoms with E-state index in [0.29, 0.717) is 5.92 Å². The zero-order valence-corrected chi connectivity index (χ0v) is 12.1. The Morgan fingerprint density at radius 2 is 1.65 bits per heavy atom. The van der Waals surface area contributed by atoms with Crippen molar-refractivity contribution in [2.75, 3.05) is 33.7 Å². The molecule has 0 saturated carbocycles. The van der Waals surface area contributed by atoms with Crippen molar-refractivity contribution >= 4 is 5.97 Å². The lowest BCUT2D eigenvalue weighted by Gasteiger charge is -2.33. The zero-order valence-electron chi connectivity index (χ0n) is 12.1. The van der Waals surface area contributed by atoms with E-state index in [1.165, 1.54) is 0 Å². The minimum Gasteiger partial charge on any atom is -0.481 e. The summed E-state index contributed by atoms with van der Waals surface area (Å²) in [4.78, 5) is 15.4. The first-order chi connectivity index (χ1) is 7.75. The van der Waals surface area contributed by atoms with Crippen LogP contribution in [0.1, 0.15) is 27.7 Å². The van der Waals surface area contributed by atoms with Crippen LogP contribution < -0.4 is 0 Å². The fraction of sp³-hybridized carbons (Fsp3) is 0.923. The summed E-state index contributed by atoms with van der Waals surface area (Å²) in [5, 5.41) is 9.08. The standard InChI is InChI=1S/C13H28N2O2/c1-10(2)9-15(8-7-14(5)6)12(4)11(3)13(16)17/h10-12H,7-9H2,1-6H3,(H,16,17). The quantitative estimate of drug-likeness (QED) is 0.704. The monoisotopic (exact) mass is 244 g/mol. The molecule has 0 heterocycles. The lowest BCUT2D eigenvalue weighted by Crippen LogP contribution is -2.45. The first-order valence-electron chi connectivity index (χ1n) is 6.37. The van der Waals surface area contributed by atoms with Crippen molar-refractivity contribution in [1.82, 2.24) is 9.80 Å². The van der Waals surface area contributed by atoms with E-state index < -0.39 is 5.97 Å². The van der Waals surface area contributed by atoms with Gasteiger partial charge in [0.1, 0.15) is 0 Å². The zero-order chi connectivity index (χ0) is 13.6. The topological polar surface area (TPSA) is 43.8 Å². The van der Waals surface area contributed by atoms with Crippen LogP contribution in [0.4, 0.5) is 0 Å². The second-order valence-electron chi connectivity index (χ2n) is 5.56.